The van der Waals surface area contributed by atoms with E-state index in [1.54, 1.807) is 0 Å². The molecule has 0 bridgehead atoms. The van der Waals surface area contributed by atoms with E-state index < -0.39 is 0 Å². The fraction of sp³-hybridized carbons (Fsp3) is 0. The molecule has 0 saturated heterocycles. The number of benzene rings is 2. The van der Waals surface area contributed by atoms with Crippen LogP contribution in [0, 0.1) is 6.07 Å². The third-order valence-corrected chi connectivity index (χ3v) is 2.10. The van der Waals surface area contributed by atoms with Crippen molar-refractivity contribution in [2.45, 2.75) is 0 Å². The Morgan fingerprint density at radius 1 is 0.867 bits per heavy atom. The van der Waals surface area contributed by atoms with Gasteiger partial charge in [-0.2, -0.15) is 30.3 Å². The fourth-order valence-electron chi connectivity index (χ4n) is 1.33. The summed E-state index contributed by atoms with van der Waals surface area (Å²) in [7, 11) is 0. The first-order valence-electron chi connectivity index (χ1n) is 4.42. The molecule has 0 saturated carbocycles. The number of carbonyl (C=O) groups excluding carboxylic acids is 1. The van der Waals surface area contributed by atoms with Crippen molar-refractivity contribution in [3.05, 3.63) is 60.2 Å². The zero-order chi connectivity index (χ0) is 9.80. The molecule has 0 unspecified atom stereocenters. The Morgan fingerprint density at radius 3 is 1.93 bits per heavy atom. The van der Waals surface area contributed by atoms with E-state index in [1.807, 2.05) is 48.5 Å². The molecule has 1 nitrogen and oxygen atoms in total. The summed E-state index contributed by atoms with van der Waals surface area (Å²) in [5, 5.41) is 0. The third kappa shape index (κ3) is 3.08. The Bertz CT molecular complexity index is 420. The zero-order valence-corrected chi connectivity index (χ0v) is 11.0. The number of hydrogen-bond donors (Lipinski definition) is 0. The molecule has 0 aliphatic rings. The van der Waals surface area contributed by atoms with E-state index in [-0.39, 0.29) is 32.7 Å². The largest absolute Gasteiger partial charge is 3.00 e. The molecular formula is C13H9OY+2. The fourth-order valence-corrected chi connectivity index (χ4v) is 1.33. The Hall–Kier alpha value is -0.786. The summed E-state index contributed by atoms with van der Waals surface area (Å²) in [6.45, 7) is 0. The predicted octanol–water partition coefficient (Wildman–Crippen LogP) is 2.96. The first kappa shape index (κ1) is 12.3. The van der Waals surface area contributed by atoms with Crippen molar-refractivity contribution >= 4 is 6.29 Å². The molecule has 15 heavy (non-hydrogen) atoms. The molecule has 0 heterocycles. The van der Waals surface area contributed by atoms with E-state index in [0.717, 1.165) is 17.4 Å². The predicted molar refractivity (Wildman–Crippen MR) is 56.1 cm³/mol. The monoisotopic (exact) mass is 270 g/mol. The summed E-state index contributed by atoms with van der Waals surface area (Å²) in [5.74, 6) is 0. The van der Waals surface area contributed by atoms with Crippen LogP contribution < -0.4 is 0 Å². The van der Waals surface area contributed by atoms with Gasteiger partial charge in [0, 0.05) is 5.56 Å². The van der Waals surface area contributed by atoms with Gasteiger partial charge in [0.05, 0.1) is 0 Å². The van der Waals surface area contributed by atoms with Gasteiger partial charge in [-0.05, 0) is 5.56 Å². The van der Waals surface area contributed by atoms with Gasteiger partial charge in [0.1, 0.15) is 6.29 Å². The first-order chi connectivity index (χ1) is 6.90. The minimum atomic E-state index is 0. The van der Waals surface area contributed by atoms with E-state index in [4.69, 9.17) is 0 Å². The molecule has 0 aliphatic heterocycles. The second-order valence-electron chi connectivity index (χ2n) is 3.03. The third-order valence-electron chi connectivity index (χ3n) is 2.10. The summed E-state index contributed by atoms with van der Waals surface area (Å²) in [6.07, 6.45) is 0.850. The van der Waals surface area contributed by atoms with Crippen LogP contribution in [0.15, 0.2) is 48.5 Å². The molecule has 2 aromatic carbocycles. The second-order valence-corrected chi connectivity index (χ2v) is 3.03. The minimum Gasteiger partial charge on any atom is -0.298 e. The van der Waals surface area contributed by atoms with Crippen LogP contribution >= 0.6 is 0 Å². The van der Waals surface area contributed by atoms with Gasteiger partial charge in [0.25, 0.3) is 0 Å². The maximum absolute atomic E-state index is 10.4. The number of carbonyl (C=O) groups is 1. The average molecular weight is 270 g/mol. The van der Waals surface area contributed by atoms with Crippen LogP contribution in [0.3, 0.4) is 0 Å². The molecule has 0 fully saturated rings. The summed E-state index contributed by atoms with van der Waals surface area (Å²) in [5.41, 5.74) is 2.96. The Kier molecular flexibility index (Phi) is 4.87. The number of aldehydes is 1. The van der Waals surface area contributed by atoms with Crippen LogP contribution in [0.1, 0.15) is 10.4 Å². The molecule has 2 aromatic rings. The summed E-state index contributed by atoms with van der Waals surface area (Å²) in [4.78, 5) is 10.4. The summed E-state index contributed by atoms with van der Waals surface area (Å²) >= 11 is 0. The standard InChI is InChI=1S/C13H9O.Y/c14-10-11-6-8-13(9-7-11)12-4-2-1-3-5-12;/h2-10H;/q-1;+3. The average Bonchev–Trinajstić information content (AvgIpc) is 2.30. The Balaban J connectivity index is 0.00000112. The molecule has 0 N–H and O–H groups in total. The van der Waals surface area contributed by atoms with Crippen molar-refractivity contribution in [3.8, 4) is 11.1 Å². The van der Waals surface area contributed by atoms with Crippen LogP contribution in [0.4, 0.5) is 0 Å². The van der Waals surface area contributed by atoms with Crippen LogP contribution in [0.5, 0.6) is 0 Å². The van der Waals surface area contributed by atoms with Crippen molar-refractivity contribution in [2.24, 2.45) is 0 Å². The molecule has 0 atom stereocenters. The van der Waals surface area contributed by atoms with Crippen LogP contribution in [0.25, 0.3) is 11.1 Å². The van der Waals surface area contributed by atoms with Crippen molar-refractivity contribution in [2.75, 3.05) is 0 Å². The van der Waals surface area contributed by atoms with Crippen molar-refractivity contribution in [1.29, 1.82) is 0 Å². The quantitative estimate of drug-likeness (QED) is 0.605. The van der Waals surface area contributed by atoms with E-state index in [2.05, 4.69) is 6.07 Å². The van der Waals surface area contributed by atoms with Crippen LogP contribution in [0.2, 0.25) is 0 Å². The Morgan fingerprint density at radius 2 is 1.40 bits per heavy atom. The van der Waals surface area contributed by atoms with E-state index >= 15 is 0 Å². The van der Waals surface area contributed by atoms with Crippen LogP contribution in [-0.2, 0) is 32.7 Å². The maximum atomic E-state index is 10.4. The van der Waals surface area contributed by atoms with Crippen molar-refractivity contribution in [3.63, 3.8) is 0 Å². The van der Waals surface area contributed by atoms with Crippen molar-refractivity contribution < 1.29 is 37.5 Å². The number of hydrogen-bond acceptors (Lipinski definition) is 1. The van der Waals surface area contributed by atoms with Gasteiger partial charge in [-0.15, -0.1) is 5.56 Å². The summed E-state index contributed by atoms with van der Waals surface area (Å²) in [6, 6.07) is 18.2. The van der Waals surface area contributed by atoms with Gasteiger partial charge in [0.2, 0.25) is 0 Å². The van der Waals surface area contributed by atoms with Gasteiger partial charge in [0.15, 0.2) is 0 Å². The molecule has 0 radical (unpaired) electrons. The van der Waals surface area contributed by atoms with Gasteiger partial charge < -0.3 is 0 Å². The second kappa shape index (κ2) is 5.94. The van der Waals surface area contributed by atoms with E-state index in [9.17, 15) is 4.79 Å². The van der Waals surface area contributed by atoms with Gasteiger partial charge in [-0.1, -0.05) is 24.3 Å². The Labute approximate surface area is 114 Å². The SMILES string of the molecule is O=Cc1ccc(-c2cc[c-]cc2)cc1.[Y+3]. The molecule has 68 valence electrons. The molecule has 0 aliphatic carbocycles. The van der Waals surface area contributed by atoms with E-state index in [0.29, 0.717) is 5.56 Å². The molecule has 0 amide bonds. The topological polar surface area (TPSA) is 17.1 Å². The first-order valence-corrected chi connectivity index (χ1v) is 4.42. The summed E-state index contributed by atoms with van der Waals surface area (Å²) < 4.78 is 0. The normalized spacial score (nSPS) is 9.07. The van der Waals surface area contributed by atoms with Gasteiger partial charge in [-0.25, -0.2) is 0 Å². The smallest absolute Gasteiger partial charge is 0.298 e. The molecule has 0 aromatic heterocycles. The van der Waals surface area contributed by atoms with Gasteiger partial charge >= 0.3 is 32.7 Å². The molecule has 0 spiro atoms. The maximum Gasteiger partial charge on any atom is 3.00 e. The molecular weight excluding hydrogens is 261 g/mol. The van der Waals surface area contributed by atoms with Crippen LogP contribution in [-0.4, -0.2) is 6.29 Å². The molecule has 2 heteroatoms. The zero-order valence-electron chi connectivity index (χ0n) is 8.18. The van der Waals surface area contributed by atoms with Gasteiger partial charge in [-0.3, -0.25) is 4.79 Å². The number of rotatable bonds is 2. The van der Waals surface area contributed by atoms with Crippen molar-refractivity contribution in [1.82, 2.24) is 0 Å². The minimum absolute atomic E-state index is 0. The van der Waals surface area contributed by atoms with E-state index in [1.165, 1.54) is 0 Å². The molecule has 2 rings (SSSR count).